The van der Waals surface area contributed by atoms with Crippen LogP contribution in [0.4, 0.5) is 5.69 Å². The highest BCUT2D eigenvalue weighted by Gasteiger charge is 2.10. The molecule has 0 unspecified atom stereocenters. The Balaban J connectivity index is 1.85. The first-order valence-corrected chi connectivity index (χ1v) is 7.56. The second-order valence-corrected chi connectivity index (χ2v) is 5.62. The van der Waals surface area contributed by atoms with Crippen LogP contribution in [0.15, 0.2) is 42.5 Å². The van der Waals surface area contributed by atoms with Crippen LogP contribution in [0.2, 0.25) is 0 Å². The van der Waals surface area contributed by atoms with E-state index in [0.717, 1.165) is 16.8 Å². The SMILES string of the molecule is Cc1ccc(CNNC(=S)C(=O)Nc2ccccc2C)c(O)c1. The molecule has 2 aromatic rings. The number of anilines is 1. The molecule has 23 heavy (non-hydrogen) atoms. The van der Waals surface area contributed by atoms with Crippen molar-refractivity contribution >= 4 is 28.8 Å². The molecule has 2 aromatic carbocycles. The molecule has 0 aromatic heterocycles. The average Bonchev–Trinajstić information content (AvgIpc) is 2.51. The van der Waals surface area contributed by atoms with E-state index in [2.05, 4.69) is 16.2 Å². The van der Waals surface area contributed by atoms with Gasteiger partial charge in [0.1, 0.15) is 5.75 Å². The maximum absolute atomic E-state index is 12.0. The Morgan fingerprint density at radius 3 is 2.61 bits per heavy atom. The van der Waals surface area contributed by atoms with Gasteiger partial charge in [0.2, 0.25) is 0 Å². The van der Waals surface area contributed by atoms with Crippen LogP contribution in [-0.2, 0) is 11.3 Å². The Hall–Kier alpha value is -2.44. The molecule has 0 fully saturated rings. The van der Waals surface area contributed by atoms with Gasteiger partial charge in [-0.15, -0.1) is 0 Å². The number of carbonyl (C=O) groups is 1. The van der Waals surface area contributed by atoms with Crippen molar-refractivity contribution in [1.82, 2.24) is 10.9 Å². The number of hydrogen-bond acceptors (Lipinski definition) is 4. The second kappa shape index (κ2) is 7.71. The normalized spacial score (nSPS) is 10.2. The standard InChI is InChI=1S/C17H19N3O2S/c1-11-7-8-13(15(21)9-11)10-18-20-17(23)16(22)19-14-6-4-3-5-12(14)2/h3-9,18,21H,10H2,1-2H3,(H,19,22)(H,20,23). The third kappa shape index (κ3) is 4.77. The van der Waals surface area contributed by atoms with E-state index in [0.29, 0.717) is 12.1 Å². The summed E-state index contributed by atoms with van der Waals surface area (Å²) in [7, 11) is 0. The quantitative estimate of drug-likeness (QED) is 0.512. The number of thiocarbonyl (C=S) groups is 1. The fourth-order valence-electron chi connectivity index (χ4n) is 1.99. The Morgan fingerprint density at radius 1 is 1.17 bits per heavy atom. The Labute approximate surface area is 140 Å². The van der Waals surface area contributed by atoms with Gasteiger partial charge in [-0.25, -0.2) is 5.43 Å². The first kappa shape index (κ1) is 16.9. The van der Waals surface area contributed by atoms with Crippen LogP contribution in [0.5, 0.6) is 5.75 Å². The maximum Gasteiger partial charge on any atom is 0.284 e. The lowest BCUT2D eigenvalue weighted by molar-refractivity contribution is -0.110. The molecule has 0 bridgehead atoms. The van der Waals surface area contributed by atoms with E-state index >= 15 is 0 Å². The van der Waals surface area contributed by atoms with E-state index in [1.807, 2.05) is 50.2 Å². The lowest BCUT2D eigenvalue weighted by atomic mass is 10.1. The number of rotatable bonds is 4. The molecule has 0 atom stereocenters. The largest absolute Gasteiger partial charge is 0.508 e. The van der Waals surface area contributed by atoms with Crippen LogP contribution in [0, 0.1) is 13.8 Å². The predicted molar refractivity (Wildman–Crippen MR) is 95.2 cm³/mol. The number of para-hydroxylation sites is 1. The third-order valence-corrected chi connectivity index (χ3v) is 3.61. The predicted octanol–water partition coefficient (Wildman–Crippen LogP) is 2.57. The summed E-state index contributed by atoms with van der Waals surface area (Å²) in [5, 5.41) is 12.6. The molecule has 0 spiro atoms. The van der Waals surface area contributed by atoms with Crippen LogP contribution in [0.3, 0.4) is 0 Å². The van der Waals surface area contributed by atoms with Gasteiger partial charge < -0.3 is 15.8 Å². The van der Waals surface area contributed by atoms with Crippen molar-refractivity contribution < 1.29 is 9.90 Å². The van der Waals surface area contributed by atoms with Gasteiger partial charge >= 0.3 is 0 Å². The van der Waals surface area contributed by atoms with E-state index in [1.54, 1.807) is 6.07 Å². The maximum atomic E-state index is 12.0. The number of phenolic OH excluding ortho intramolecular Hbond substituents is 1. The third-order valence-electron chi connectivity index (χ3n) is 3.32. The zero-order chi connectivity index (χ0) is 16.8. The molecule has 0 radical (unpaired) electrons. The Bertz CT molecular complexity index is 732. The molecule has 0 aliphatic rings. The van der Waals surface area contributed by atoms with Crippen molar-refractivity contribution in [3.05, 3.63) is 59.2 Å². The van der Waals surface area contributed by atoms with Crippen molar-refractivity contribution in [3.8, 4) is 5.75 Å². The summed E-state index contributed by atoms with van der Waals surface area (Å²) in [4.78, 5) is 12.0. The molecule has 6 heteroatoms. The molecule has 0 aliphatic carbocycles. The van der Waals surface area contributed by atoms with Crippen molar-refractivity contribution in [2.45, 2.75) is 20.4 Å². The fraction of sp³-hybridized carbons (Fsp3) is 0.176. The molecular weight excluding hydrogens is 310 g/mol. The number of phenols is 1. The number of nitrogens with one attached hydrogen (secondary N) is 3. The van der Waals surface area contributed by atoms with E-state index in [1.165, 1.54) is 0 Å². The summed E-state index contributed by atoms with van der Waals surface area (Å²) in [6.45, 7) is 4.15. The summed E-state index contributed by atoms with van der Waals surface area (Å²) in [5.74, 6) is -0.190. The number of aryl methyl sites for hydroxylation is 2. The molecule has 4 N–H and O–H groups in total. The minimum atomic E-state index is -0.394. The minimum Gasteiger partial charge on any atom is -0.508 e. The van der Waals surface area contributed by atoms with E-state index in [-0.39, 0.29) is 10.7 Å². The monoisotopic (exact) mass is 329 g/mol. The van der Waals surface area contributed by atoms with Gasteiger partial charge in [-0.2, -0.15) is 0 Å². The van der Waals surface area contributed by atoms with E-state index in [4.69, 9.17) is 12.2 Å². The average molecular weight is 329 g/mol. The number of benzene rings is 2. The van der Waals surface area contributed by atoms with Crippen molar-refractivity contribution in [2.24, 2.45) is 0 Å². The molecule has 2 rings (SSSR count). The van der Waals surface area contributed by atoms with Crippen LogP contribution in [0.1, 0.15) is 16.7 Å². The minimum absolute atomic E-state index is 0.0276. The summed E-state index contributed by atoms with van der Waals surface area (Å²) >= 11 is 5.04. The molecule has 0 saturated carbocycles. The van der Waals surface area contributed by atoms with Crippen molar-refractivity contribution in [1.29, 1.82) is 0 Å². The molecule has 0 aliphatic heterocycles. The van der Waals surface area contributed by atoms with Gasteiger partial charge in [0, 0.05) is 17.8 Å². The van der Waals surface area contributed by atoms with Gasteiger partial charge in [0.25, 0.3) is 5.91 Å². The number of aromatic hydroxyl groups is 1. The zero-order valence-corrected chi connectivity index (χ0v) is 13.8. The lowest BCUT2D eigenvalue weighted by Gasteiger charge is -2.12. The molecular formula is C17H19N3O2S. The summed E-state index contributed by atoms with van der Waals surface area (Å²) < 4.78 is 0. The number of amides is 1. The van der Waals surface area contributed by atoms with Crippen LogP contribution < -0.4 is 16.2 Å². The summed E-state index contributed by atoms with van der Waals surface area (Å²) in [5.41, 5.74) is 8.87. The van der Waals surface area contributed by atoms with Crippen LogP contribution in [-0.4, -0.2) is 16.0 Å². The number of hydrazine groups is 1. The second-order valence-electron chi connectivity index (χ2n) is 5.21. The molecule has 0 saturated heterocycles. The lowest BCUT2D eigenvalue weighted by Crippen LogP contribution is -2.42. The van der Waals surface area contributed by atoms with Gasteiger partial charge in [-0.1, -0.05) is 42.5 Å². The first-order chi connectivity index (χ1) is 11.0. The van der Waals surface area contributed by atoms with Gasteiger partial charge in [0.15, 0.2) is 4.99 Å². The highest BCUT2D eigenvalue weighted by molar-refractivity contribution is 7.82. The number of hydrogen-bond donors (Lipinski definition) is 4. The highest BCUT2D eigenvalue weighted by atomic mass is 32.1. The fourth-order valence-corrected chi connectivity index (χ4v) is 2.12. The Morgan fingerprint density at radius 2 is 1.91 bits per heavy atom. The first-order valence-electron chi connectivity index (χ1n) is 7.15. The van der Waals surface area contributed by atoms with Gasteiger partial charge in [-0.05, 0) is 37.1 Å². The van der Waals surface area contributed by atoms with Gasteiger partial charge in [0.05, 0.1) is 0 Å². The molecule has 5 nitrogen and oxygen atoms in total. The Kier molecular flexibility index (Phi) is 5.67. The van der Waals surface area contributed by atoms with Gasteiger partial charge in [-0.3, -0.25) is 4.79 Å². The van der Waals surface area contributed by atoms with Crippen molar-refractivity contribution in [2.75, 3.05) is 5.32 Å². The topological polar surface area (TPSA) is 73.4 Å². The van der Waals surface area contributed by atoms with Crippen LogP contribution in [0.25, 0.3) is 0 Å². The summed E-state index contributed by atoms with van der Waals surface area (Å²) in [6.07, 6.45) is 0. The van der Waals surface area contributed by atoms with E-state index in [9.17, 15) is 9.90 Å². The zero-order valence-electron chi connectivity index (χ0n) is 13.0. The molecule has 1 amide bonds. The highest BCUT2D eigenvalue weighted by Crippen LogP contribution is 2.17. The number of carbonyl (C=O) groups excluding carboxylic acids is 1. The van der Waals surface area contributed by atoms with E-state index < -0.39 is 5.91 Å². The van der Waals surface area contributed by atoms with Crippen LogP contribution >= 0.6 is 12.2 Å². The van der Waals surface area contributed by atoms with Crippen molar-refractivity contribution in [3.63, 3.8) is 0 Å². The smallest absolute Gasteiger partial charge is 0.284 e. The summed E-state index contributed by atoms with van der Waals surface area (Å²) in [6, 6.07) is 12.9. The molecule has 120 valence electrons. The molecule has 0 heterocycles.